The van der Waals surface area contributed by atoms with Gasteiger partial charge in [-0.25, -0.2) is 4.98 Å². The lowest BCUT2D eigenvalue weighted by Gasteiger charge is -2.10. The molecule has 1 heterocycles. The third-order valence-electron chi connectivity index (χ3n) is 3.20. The van der Waals surface area contributed by atoms with Gasteiger partial charge in [-0.1, -0.05) is 26.0 Å². The van der Waals surface area contributed by atoms with Crippen molar-refractivity contribution in [3.63, 3.8) is 0 Å². The van der Waals surface area contributed by atoms with Crippen molar-refractivity contribution >= 4 is 0 Å². The zero-order valence-corrected chi connectivity index (χ0v) is 11.2. The second-order valence-electron chi connectivity index (χ2n) is 4.95. The van der Waals surface area contributed by atoms with E-state index in [9.17, 15) is 0 Å². The highest BCUT2D eigenvalue weighted by atomic mass is 16.3. The Hall–Kier alpha value is -1.61. The maximum atomic E-state index is 8.91. The molecule has 0 saturated heterocycles. The summed E-state index contributed by atoms with van der Waals surface area (Å²) >= 11 is 0. The minimum absolute atomic E-state index is 0.123. The fourth-order valence-electron chi connectivity index (χ4n) is 2.02. The van der Waals surface area contributed by atoms with Gasteiger partial charge in [0.1, 0.15) is 5.82 Å². The molecule has 0 fully saturated rings. The van der Waals surface area contributed by atoms with Crippen molar-refractivity contribution in [1.82, 2.24) is 9.97 Å². The summed E-state index contributed by atoms with van der Waals surface area (Å²) in [5.41, 5.74) is 4.78. The molecule has 0 atom stereocenters. The average molecular weight is 244 g/mol. The van der Waals surface area contributed by atoms with Crippen LogP contribution < -0.4 is 0 Å². The van der Waals surface area contributed by atoms with Gasteiger partial charge in [-0.15, -0.1) is 0 Å². The summed E-state index contributed by atoms with van der Waals surface area (Å²) < 4.78 is 0. The third-order valence-corrected chi connectivity index (χ3v) is 3.20. The number of aromatic nitrogens is 2. The Morgan fingerprint density at radius 1 is 1.33 bits per heavy atom. The predicted molar refractivity (Wildman–Crippen MR) is 73.6 cm³/mol. The van der Waals surface area contributed by atoms with E-state index in [4.69, 9.17) is 5.11 Å². The number of imidazole rings is 1. The van der Waals surface area contributed by atoms with E-state index in [2.05, 4.69) is 48.9 Å². The number of hydrogen-bond acceptors (Lipinski definition) is 2. The Labute approximate surface area is 108 Å². The molecule has 0 aliphatic heterocycles. The molecule has 0 saturated carbocycles. The van der Waals surface area contributed by atoms with Crippen molar-refractivity contribution in [3.05, 3.63) is 41.3 Å². The van der Waals surface area contributed by atoms with Gasteiger partial charge in [0.05, 0.1) is 18.5 Å². The third kappa shape index (κ3) is 2.62. The lowest BCUT2D eigenvalue weighted by molar-refractivity contribution is 0.297. The first-order valence-corrected chi connectivity index (χ1v) is 6.37. The molecule has 2 N–H and O–H groups in total. The Morgan fingerprint density at radius 3 is 2.78 bits per heavy atom. The van der Waals surface area contributed by atoms with Gasteiger partial charge >= 0.3 is 0 Å². The van der Waals surface area contributed by atoms with E-state index in [1.165, 1.54) is 16.7 Å². The number of rotatable bonds is 4. The summed E-state index contributed by atoms with van der Waals surface area (Å²) in [6, 6.07) is 6.54. The maximum Gasteiger partial charge on any atom is 0.108 e. The van der Waals surface area contributed by atoms with Crippen molar-refractivity contribution < 1.29 is 5.11 Å². The van der Waals surface area contributed by atoms with Gasteiger partial charge in [0, 0.05) is 12.0 Å². The van der Waals surface area contributed by atoms with E-state index in [1.54, 1.807) is 0 Å². The molecule has 1 aromatic carbocycles. The summed E-state index contributed by atoms with van der Waals surface area (Å²) in [7, 11) is 0. The largest absolute Gasteiger partial charge is 0.396 e. The first-order valence-electron chi connectivity index (χ1n) is 6.37. The van der Waals surface area contributed by atoms with E-state index in [1.807, 2.05) is 6.20 Å². The lowest BCUT2D eigenvalue weighted by atomic mass is 9.97. The molecule has 2 aromatic rings. The van der Waals surface area contributed by atoms with E-state index in [-0.39, 0.29) is 6.61 Å². The van der Waals surface area contributed by atoms with Crippen LogP contribution in [0.25, 0.3) is 11.3 Å². The summed E-state index contributed by atoms with van der Waals surface area (Å²) in [5.74, 6) is 1.35. The highest BCUT2D eigenvalue weighted by Crippen LogP contribution is 2.26. The molecule has 2 rings (SSSR count). The fourth-order valence-corrected chi connectivity index (χ4v) is 2.02. The van der Waals surface area contributed by atoms with E-state index in [0.717, 1.165) is 11.5 Å². The number of hydrogen-bond donors (Lipinski definition) is 2. The van der Waals surface area contributed by atoms with Gasteiger partial charge in [-0.2, -0.15) is 0 Å². The molecule has 0 aliphatic rings. The maximum absolute atomic E-state index is 8.91. The highest BCUT2D eigenvalue weighted by molar-refractivity contribution is 5.64. The average Bonchev–Trinajstić information content (AvgIpc) is 2.78. The Balaban J connectivity index is 2.38. The van der Waals surface area contributed by atoms with Gasteiger partial charge in [0.25, 0.3) is 0 Å². The Bertz CT molecular complexity index is 529. The summed E-state index contributed by atoms with van der Waals surface area (Å²) in [6.07, 6.45) is 2.42. The summed E-state index contributed by atoms with van der Waals surface area (Å²) in [6.45, 7) is 6.61. The highest BCUT2D eigenvalue weighted by Gasteiger charge is 2.08. The van der Waals surface area contributed by atoms with Crippen molar-refractivity contribution in [3.8, 4) is 11.3 Å². The van der Waals surface area contributed by atoms with Crippen molar-refractivity contribution in [2.45, 2.75) is 33.1 Å². The van der Waals surface area contributed by atoms with Gasteiger partial charge in [0.2, 0.25) is 0 Å². The molecule has 3 nitrogen and oxygen atoms in total. The molecule has 18 heavy (non-hydrogen) atoms. The van der Waals surface area contributed by atoms with Crippen LogP contribution >= 0.6 is 0 Å². The molecule has 0 unspecified atom stereocenters. The van der Waals surface area contributed by atoms with Crippen LogP contribution in [0.2, 0.25) is 0 Å². The van der Waals surface area contributed by atoms with Crippen LogP contribution in [-0.2, 0) is 6.42 Å². The number of nitrogens with zero attached hydrogens (tertiary/aromatic N) is 1. The first-order chi connectivity index (χ1) is 8.61. The predicted octanol–water partition coefficient (Wildman–Crippen LogP) is 3.04. The minimum Gasteiger partial charge on any atom is -0.396 e. The van der Waals surface area contributed by atoms with Crippen LogP contribution in [0.1, 0.15) is 36.7 Å². The lowest BCUT2D eigenvalue weighted by Crippen LogP contribution is -1.93. The van der Waals surface area contributed by atoms with Crippen LogP contribution in [0.3, 0.4) is 0 Å². The van der Waals surface area contributed by atoms with Gasteiger partial charge < -0.3 is 10.1 Å². The minimum atomic E-state index is 0.123. The van der Waals surface area contributed by atoms with Crippen molar-refractivity contribution in [1.29, 1.82) is 0 Å². The van der Waals surface area contributed by atoms with Gasteiger partial charge in [0.15, 0.2) is 0 Å². The SMILES string of the molecule is Cc1ccc(C(C)C)cc1-c1cnc(CCO)[nH]1. The number of aromatic amines is 1. The molecule has 0 aliphatic carbocycles. The van der Waals surface area contributed by atoms with Crippen LogP contribution in [-0.4, -0.2) is 21.7 Å². The van der Waals surface area contributed by atoms with Gasteiger partial charge in [-0.3, -0.25) is 0 Å². The molecule has 1 aromatic heterocycles. The molecule has 96 valence electrons. The van der Waals surface area contributed by atoms with Crippen LogP contribution in [0.15, 0.2) is 24.4 Å². The topological polar surface area (TPSA) is 48.9 Å². The molecular weight excluding hydrogens is 224 g/mol. The Kier molecular flexibility index (Phi) is 3.82. The van der Waals surface area contributed by atoms with E-state index in [0.29, 0.717) is 12.3 Å². The Morgan fingerprint density at radius 2 is 2.11 bits per heavy atom. The monoisotopic (exact) mass is 244 g/mol. The second kappa shape index (κ2) is 5.36. The second-order valence-corrected chi connectivity index (χ2v) is 4.95. The summed E-state index contributed by atoms with van der Waals surface area (Å²) in [5, 5.41) is 8.91. The van der Waals surface area contributed by atoms with Crippen LogP contribution in [0.4, 0.5) is 0 Å². The van der Waals surface area contributed by atoms with E-state index < -0.39 is 0 Å². The van der Waals surface area contributed by atoms with Crippen molar-refractivity contribution in [2.75, 3.05) is 6.61 Å². The molecule has 0 amide bonds. The molecule has 0 spiro atoms. The molecule has 3 heteroatoms. The van der Waals surface area contributed by atoms with Crippen LogP contribution in [0.5, 0.6) is 0 Å². The van der Waals surface area contributed by atoms with Crippen LogP contribution in [0, 0.1) is 6.92 Å². The molecular formula is C15H20N2O. The molecule has 0 bridgehead atoms. The first kappa shape index (κ1) is 12.8. The fraction of sp³-hybridized carbons (Fsp3) is 0.400. The molecule has 0 radical (unpaired) electrons. The quantitative estimate of drug-likeness (QED) is 0.868. The number of aryl methyl sites for hydroxylation is 1. The van der Waals surface area contributed by atoms with Gasteiger partial charge in [-0.05, 0) is 30.0 Å². The normalized spacial score (nSPS) is 11.2. The van der Waals surface area contributed by atoms with Crippen molar-refractivity contribution in [2.24, 2.45) is 0 Å². The van der Waals surface area contributed by atoms with E-state index >= 15 is 0 Å². The number of H-pyrrole nitrogens is 1. The number of aliphatic hydroxyl groups excluding tert-OH is 1. The zero-order chi connectivity index (χ0) is 13.1. The number of nitrogens with one attached hydrogen (secondary N) is 1. The smallest absolute Gasteiger partial charge is 0.108 e. The standard InChI is InChI=1S/C15H20N2O/c1-10(2)12-5-4-11(3)13(8-12)14-9-16-15(17-14)6-7-18/h4-5,8-10,18H,6-7H2,1-3H3,(H,16,17). The number of benzene rings is 1. The zero-order valence-electron chi connectivity index (χ0n) is 11.2. The number of aliphatic hydroxyl groups is 1. The summed E-state index contributed by atoms with van der Waals surface area (Å²) in [4.78, 5) is 7.55.